The summed E-state index contributed by atoms with van der Waals surface area (Å²) in [5.41, 5.74) is 0.669. The summed E-state index contributed by atoms with van der Waals surface area (Å²) >= 11 is 0. The highest BCUT2D eigenvalue weighted by atomic mass is 19.2. The summed E-state index contributed by atoms with van der Waals surface area (Å²) in [6, 6.07) is 3.87. The van der Waals surface area contributed by atoms with E-state index in [0.717, 1.165) is 51.0 Å². The minimum atomic E-state index is -0.824. The van der Waals surface area contributed by atoms with Crippen LogP contribution in [-0.4, -0.2) is 11.1 Å². The molecule has 0 bridgehead atoms. The predicted molar refractivity (Wildman–Crippen MR) is 80.0 cm³/mol. The lowest BCUT2D eigenvalue weighted by Gasteiger charge is -1.99. The monoisotopic (exact) mass is 296 g/mol. The van der Waals surface area contributed by atoms with E-state index < -0.39 is 17.6 Å². The molecule has 0 aliphatic carbocycles. The third-order valence-electron chi connectivity index (χ3n) is 3.27. The zero-order chi connectivity index (χ0) is 15.5. The van der Waals surface area contributed by atoms with E-state index >= 15 is 0 Å². The highest BCUT2D eigenvalue weighted by molar-refractivity contribution is 5.66. The molecule has 0 aliphatic heterocycles. The fraction of sp³-hybridized carbons (Fsp3) is 0.471. The van der Waals surface area contributed by atoms with E-state index in [4.69, 9.17) is 5.11 Å². The van der Waals surface area contributed by atoms with Crippen molar-refractivity contribution in [3.8, 4) is 0 Å². The predicted octanol–water partition coefficient (Wildman–Crippen LogP) is 5.18. The van der Waals surface area contributed by atoms with E-state index in [1.807, 2.05) is 6.08 Å². The maximum absolute atomic E-state index is 13.0. The number of carboxylic acids is 1. The first-order valence-corrected chi connectivity index (χ1v) is 7.43. The van der Waals surface area contributed by atoms with Gasteiger partial charge in [-0.1, -0.05) is 43.9 Å². The number of halogens is 2. The molecule has 0 aliphatic rings. The van der Waals surface area contributed by atoms with Gasteiger partial charge in [0.1, 0.15) is 0 Å². The smallest absolute Gasteiger partial charge is 0.303 e. The average molecular weight is 296 g/mol. The maximum Gasteiger partial charge on any atom is 0.303 e. The number of carbonyl (C=O) groups is 1. The number of hydrogen-bond acceptors (Lipinski definition) is 1. The fourth-order valence-electron chi connectivity index (χ4n) is 2.08. The molecule has 0 radical (unpaired) electrons. The molecule has 2 nitrogen and oxygen atoms in total. The first-order chi connectivity index (χ1) is 10.1. The van der Waals surface area contributed by atoms with E-state index in [1.165, 1.54) is 6.07 Å². The molecule has 1 aromatic rings. The van der Waals surface area contributed by atoms with Crippen LogP contribution in [0.5, 0.6) is 0 Å². The van der Waals surface area contributed by atoms with Gasteiger partial charge in [-0.2, -0.15) is 0 Å². The van der Waals surface area contributed by atoms with Gasteiger partial charge in [0.25, 0.3) is 0 Å². The number of allylic oxidation sites excluding steroid dienone is 1. The summed E-state index contributed by atoms with van der Waals surface area (Å²) in [5.74, 6) is -2.37. The van der Waals surface area contributed by atoms with E-state index in [9.17, 15) is 13.6 Å². The molecule has 0 aromatic heterocycles. The molecular formula is C17H22F2O2. The Labute approximate surface area is 124 Å². The fourth-order valence-corrected chi connectivity index (χ4v) is 2.08. The van der Waals surface area contributed by atoms with Crippen molar-refractivity contribution >= 4 is 12.0 Å². The molecule has 1 rings (SSSR count). The first kappa shape index (κ1) is 17.3. The summed E-state index contributed by atoms with van der Waals surface area (Å²) in [4.78, 5) is 10.3. The van der Waals surface area contributed by atoms with E-state index in [0.29, 0.717) is 5.56 Å². The lowest BCUT2D eigenvalue weighted by Crippen LogP contribution is -1.93. The lowest BCUT2D eigenvalue weighted by molar-refractivity contribution is -0.137. The van der Waals surface area contributed by atoms with E-state index in [2.05, 4.69) is 0 Å². The largest absolute Gasteiger partial charge is 0.481 e. The molecule has 0 saturated carbocycles. The van der Waals surface area contributed by atoms with Crippen molar-refractivity contribution in [3.05, 3.63) is 41.5 Å². The zero-order valence-electron chi connectivity index (χ0n) is 12.2. The summed E-state index contributed by atoms with van der Waals surface area (Å²) in [5, 5.41) is 8.49. The molecular weight excluding hydrogens is 274 g/mol. The minimum absolute atomic E-state index is 0.261. The molecule has 0 unspecified atom stereocenters. The summed E-state index contributed by atoms with van der Waals surface area (Å²) < 4.78 is 25.7. The van der Waals surface area contributed by atoms with Crippen LogP contribution in [0.3, 0.4) is 0 Å². The van der Waals surface area contributed by atoms with Crippen molar-refractivity contribution in [2.24, 2.45) is 0 Å². The Morgan fingerprint density at radius 1 is 1.00 bits per heavy atom. The first-order valence-electron chi connectivity index (χ1n) is 7.43. The molecule has 4 heteroatoms. The highest BCUT2D eigenvalue weighted by Gasteiger charge is 1.99. The second-order valence-corrected chi connectivity index (χ2v) is 5.13. The van der Waals surface area contributed by atoms with Gasteiger partial charge < -0.3 is 5.11 Å². The van der Waals surface area contributed by atoms with Crippen molar-refractivity contribution in [3.63, 3.8) is 0 Å². The van der Waals surface area contributed by atoms with Crippen LogP contribution in [0, 0.1) is 11.6 Å². The van der Waals surface area contributed by atoms with Crippen LogP contribution in [-0.2, 0) is 4.79 Å². The second-order valence-electron chi connectivity index (χ2n) is 5.13. The Morgan fingerprint density at radius 2 is 1.67 bits per heavy atom. The molecule has 0 atom stereocenters. The van der Waals surface area contributed by atoms with Crippen molar-refractivity contribution in [1.29, 1.82) is 0 Å². The van der Waals surface area contributed by atoms with Gasteiger partial charge in [-0.05, 0) is 37.0 Å². The van der Waals surface area contributed by atoms with E-state index in [1.54, 1.807) is 12.1 Å². The van der Waals surface area contributed by atoms with Crippen molar-refractivity contribution in [2.45, 2.75) is 51.4 Å². The normalized spacial score (nSPS) is 11.1. The molecule has 116 valence electrons. The topological polar surface area (TPSA) is 37.3 Å². The Kier molecular flexibility index (Phi) is 8.32. The van der Waals surface area contributed by atoms with Crippen LogP contribution in [0.4, 0.5) is 8.78 Å². The molecule has 0 amide bonds. The Hall–Kier alpha value is -1.71. The lowest BCUT2D eigenvalue weighted by atomic mass is 10.1. The van der Waals surface area contributed by atoms with E-state index in [-0.39, 0.29) is 6.42 Å². The summed E-state index contributed by atoms with van der Waals surface area (Å²) in [6.45, 7) is 0. The molecule has 0 heterocycles. The van der Waals surface area contributed by atoms with Gasteiger partial charge in [0.05, 0.1) is 0 Å². The number of carboxylic acid groups (broad SMARTS) is 1. The Balaban J connectivity index is 2.04. The van der Waals surface area contributed by atoms with Crippen molar-refractivity contribution < 1.29 is 18.7 Å². The number of unbranched alkanes of at least 4 members (excludes halogenated alkanes) is 6. The van der Waals surface area contributed by atoms with Gasteiger partial charge in [0, 0.05) is 6.42 Å². The number of benzene rings is 1. The van der Waals surface area contributed by atoms with Crippen LogP contribution in [0.25, 0.3) is 6.08 Å². The average Bonchev–Trinajstić information content (AvgIpc) is 2.44. The second kappa shape index (κ2) is 10.1. The van der Waals surface area contributed by atoms with Gasteiger partial charge >= 0.3 is 5.97 Å². The third-order valence-corrected chi connectivity index (χ3v) is 3.27. The Bertz CT molecular complexity index is 470. The maximum atomic E-state index is 13.0. The van der Waals surface area contributed by atoms with Gasteiger partial charge in [-0.15, -0.1) is 0 Å². The van der Waals surface area contributed by atoms with Crippen LogP contribution in [0.1, 0.15) is 56.9 Å². The van der Waals surface area contributed by atoms with Crippen LogP contribution in [0.15, 0.2) is 24.3 Å². The number of aliphatic carboxylic acids is 1. The molecule has 0 spiro atoms. The third kappa shape index (κ3) is 8.23. The highest BCUT2D eigenvalue weighted by Crippen LogP contribution is 2.12. The summed E-state index contributed by atoms with van der Waals surface area (Å²) in [6.07, 6.45) is 11.0. The van der Waals surface area contributed by atoms with Crippen molar-refractivity contribution in [2.75, 3.05) is 0 Å². The van der Waals surface area contributed by atoms with Crippen LogP contribution < -0.4 is 0 Å². The molecule has 21 heavy (non-hydrogen) atoms. The SMILES string of the molecule is O=C(O)CCCCCCCCC=Cc1ccc(F)c(F)c1. The summed E-state index contributed by atoms with van der Waals surface area (Å²) in [7, 11) is 0. The zero-order valence-corrected chi connectivity index (χ0v) is 12.2. The number of hydrogen-bond donors (Lipinski definition) is 1. The molecule has 0 fully saturated rings. The number of rotatable bonds is 10. The Morgan fingerprint density at radius 3 is 2.33 bits per heavy atom. The standard InChI is InChI=1S/C17H22F2O2/c18-15-12-11-14(13-16(15)19)9-7-5-3-1-2-4-6-8-10-17(20)21/h7,9,11-13H,1-6,8,10H2,(H,20,21). The van der Waals surface area contributed by atoms with Crippen molar-refractivity contribution in [1.82, 2.24) is 0 Å². The molecule has 0 saturated heterocycles. The van der Waals surface area contributed by atoms with Gasteiger partial charge in [-0.3, -0.25) is 4.79 Å². The minimum Gasteiger partial charge on any atom is -0.481 e. The molecule has 1 N–H and O–H groups in total. The quantitative estimate of drug-likeness (QED) is 0.604. The molecule has 1 aromatic carbocycles. The van der Waals surface area contributed by atoms with Gasteiger partial charge in [0.15, 0.2) is 11.6 Å². The van der Waals surface area contributed by atoms with Crippen LogP contribution >= 0.6 is 0 Å². The van der Waals surface area contributed by atoms with Gasteiger partial charge in [0.2, 0.25) is 0 Å². The van der Waals surface area contributed by atoms with Crippen LogP contribution in [0.2, 0.25) is 0 Å². The van der Waals surface area contributed by atoms with Gasteiger partial charge in [-0.25, -0.2) is 8.78 Å².